The molecule has 6 nitrogen and oxygen atoms in total. The molecule has 0 aromatic heterocycles. The second-order valence-electron chi connectivity index (χ2n) is 4.60. The van der Waals surface area contributed by atoms with Crippen molar-refractivity contribution >= 4 is 11.8 Å². The van der Waals surface area contributed by atoms with E-state index in [1.165, 1.54) is 0 Å². The van der Waals surface area contributed by atoms with E-state index in [1.54, 1.807) is 17.3 Å². The number of hydrogen-bond acceptors (Lipinski definition) is 4. The van der Waals surface area contributed by atoms with Crippen LogP contribution in [-0.2, 0) is 14.3 Å². The summed E-state index contributed by atoms with van der Waals surface area (Å²) < 4.78 is 5.21. The van der Waals surface area contributed by atoms with Crippen molar-refractivity contribution in [3.05, 3.63) is 0 Å². The molecule has 2 atom stereocenters. The van der Waals surface area contributed by atoms with Gasteiger partial charge in [-0.15, -0.1) is 0 Å². The highest BCUT2D eigenvalue weighted by Gasteiger charge is 2.32. The molecule has 0 radical (unpaired) electrons. The molecular formula is C12H22N2O4. The van der Waals surface area contributed by atoms with Gasteiger partial charge in [-0.3, -0.25) is 14.8 Å². The van der Waals surface area contributed by atoms with Crippen LogP contribution in [0.1, 0.15) is 26.7 Å². The van der Waals surface area contributed by atoms with Gasteiger partial charge < -0.3 is 9.64 Å². The van der Waals surface area contributed by atoms with Crippen molar-refractivity contribution < 1.29 is 19.5 Å². The average Bonchev–Trinajstić information content (AvgIpc) is 2.43. The molecule has 1 unspecified atom stereocenters. The highest BCUT2D eigenvalue weighted by molar-refractivity contribution is 5.87. The minimum atomic E-state index is -0.523. The Labute approximate surface area is 107 Å². The third kappa shape index (κ3) is 3.68. The number of nitrogens with zero attached hydrogens (tertiary/aromatic N) is 1. The number of ether oxygens (including phenoxy) is 1. The van der Waals surface area contributed by atoms with E-state index < -0.39 is 11.8 Å². The molecule has 0 bridgehead atoms. The fourth-order valence-electron chi connectivity index (χ4n) is 2.20. The summed E-state index contributed by atoms with van der Waals surface area (Å²) in [7, 11) is 0. The first-order valence-corrected chi connectivity index (χ1v) is 6.42. The molecule has 0 aromatic rings. The number of nitrogens with one attached hydrogen (secondary N) is 1. The topological polar surface area (TPSA) is 78.9 Å². The number of rotatable bonds is 5. The summed E-state index contributed by atoms with van der Waals surface area (Å²) in [6.07, 6.45) is 1.47. The Morgan fingerprint density at radius 1 is 1.39 bits per heavy atom. The Balaban J connectivity index is 2.70. The quantitative estimate of drug-likeness (QED) is 0.553. The molecule has 1 heterocycles. The van der Waals surface area contributed by atoms with Gasteiger partial charge in [0.1, 0.15) is 0 Å². The van der Waals surface area contributed by atoms with Crippen LogP contribution in [0.15, 0.2) is 0 Å². The van der Waals surface area contributed by atoms with Crippen LogP contribution in [0.5, 0.6) is 0 Å². The van der Waals surface area contributed by atoms with E-state index in [-0.39, 0.29) is 11.8 Å². The van der Waals surface area contributed by atoms with E-state index in [0.29, 0.717) is 32.7 Å². The predicted molar refractivity (Wildman–Crippen MR) is 64.9 cm³/mol. The van der Waals surface area contributed by atoms with Gasteiger partial charge in [-0.1, -0.05) is 20.3 Å². The smallest absolute Gasteiger partial charge is 0.246 e. The fraction of sp³-hybridized carbons (Fsp3) is 0.833. The third-order valence-electron chi connectivity index (χ3n) is 3.37. The summed E-state index contributed by atoms with van der Waals surface area (Å²) in [4.78, 5) is 25.6. The molecule has 1 fully saturated rings. The zero-order chi connectivity index (χ0) is 13.5. The number of carbonyl (C=O) groups excluding carboxylic acids is 2. The predicted octanol–water partition coefficient (Wildman–Crippen LogP) is 0.403. The number of carbonyl (C=O) groups is 2. The maximum Gasteiger partial charge on any atom is 0.246 e. The van der Waals surface area contributed by atoms with Gasteiger partial charge in [0.25, 0.3) is 0 Å². The molecule has 1 saturated heterocycles. The molecule has 0 saturated carbocycles. The Bertz CT molecular complexity index is 290. The molecule has 1 rings (SSSR count). The van der Waals surface area contributed by atoms with Crippen molar-refractivity contribution in [2.45, 2.75) is 26.7 Å². The van der Waals surface area contributed by atoms with E-state index in [2.05, 4.69) is 0 Å². The van der Waals surface area contributed by atoms with Gasteiger partial charge in [-0.05, 0) is 6.42 Å². The fourth-order valence-corrected chi connectivity index (χ4v) is 2.20. The highest BCUT2D eigenvalue weighted by atomic mass is 16.5. The van der Waals surface area contributed by atoms with Crippen LogP contribution in [0.25, 0.3) is 0 Å². The summed E-state index contributed by atoms with van der Waals surface area (Å²) in [5, 5.41) is 8.67. The van der Waals surface area contributed by atoms with Crippen LogP contribution < -0.4 is 5.48 Å². The first-order chi connectivity index (χ1) is 8.61. The van der Waals surface area contributed by atoms with Crippen LogP contribution in [0.2, 0.25) is 0 Å². The van der Waals surface area contributed by atoms with Crippen LogP contribution in [-0.4, -0.2) is 48.2 Å². The summed E-state index contributed by atoms with van der Waals surface area (Å²) in [5.74, 6) is -1.42. The normalized spacial score (nSPS) is 19.2. The number of morpholine rings is 1. The third-order valence-corrected chi connectivity index (χ3v) is 3.37. The van der Waals surface area contributed by atoms with Gasteiger partial charge in [-0.2, -0.15) is 0 Å². The molecule has 1 aliphatic heterocycles. The largest absolute Gasteiger partial charge is 0.378 e. The molecule has 2 N–H and O–H groups in total. The van der Waals surface area contributed by atoms with Gasteiger partial charge in [0.05, 0.1) is 13.2 Å². The van der Waals surface area contributed by atoms with Gasteiger partial charge in [0.2, 0.25) is 11.8 Å². The van der Waals surface area contributed by atoms with Gasteiger partial charge >= 0.3 is 0 Å². The lowest BCUT2D eigenvalue weighted by Crippen LogP contribution is -2.47. The van der Waals surface area contributed by atoms with Crippen molar-refractivity contribution in [2.75, 3.05) is 26.3 Å². The zero-order valence-electron chi connectivity index (χ0n) is 11.0. The molecule has 104 valence electrons. The standard InChI is InChI=1S/C12H22N2O4/c1-3-4-10(9(2)11(15)13-17)12(16)14-5-7-18-8-6-14/h9-10,17H,3-8H2,1-2H3,(H,13,15)/t9?,10-/m1/s1. The van der Waals surface area contributed by atoms with E-state index in [9.17, 15) is 9.59 Å². The van der Waals surface area contributed by atoms with Gasteiger partial charge in [0, 0.05) is 24.9 Å². The van der Waals surface area contributed by atoms with Crippen LogP contribution in [0, 0.1) is 11.8 Å². The second-order valence-corrected chi connectivity index (χ2v) is 4.60. The molecule has 18 heavy (non-hydrogen) atoms. The van der Waals surface area contributed by atoms with Crippen molar-refractivity contribution in [1.29, 1.82) is 0 Å². The highest BCUT2D eigenvalue weighted by Crippen LogP contribution is 2.21. The zero-order valence-corrected chi connectivity index (χ0v) is 11.0. The monoisotopic (exact) mass is 258 g/mol. The first kappa shape index (κ1) is 14.9. The van der Waals surface area contributed by atoms with Crippen molar-refractivity contribution in [2.24, 2.45) is 11.8 Å². The lowest BCUT2D eigenvalue weighted by Gasteiger charge is -2.32. The molecule has 0 aromatic carbocycles. The second kappa shape index (κ2) is 7.33. The van der Waals surface area contributed by atoms with Crippen LogP contribution >= 0.6 is 0 Å². The molecular weight excluding hydrogens is 236 g/mol. The molecule has 0 aliphatic carbocycles. The minimum absolute atomic E-state index is 0.0174. The maximum atomic E-state index is 12.4. The number of hydroxylamine groups is 1. The average molecular weight is 258 g/mol. The Morgan fingerprint density at radius 3 is 2.50 bits per heavy atom. The number of amides is 2. The lowest BCUT2D eigenvalue weighted by atomic mass is 9.88. The van der Waals surface area contributed by atoms with E-state index in [4.69, 9.17) is 9.94 Å². The molecule has 2 amide bonds. The van der Waals surface area contributed by atoms with Crippen LogP contribution in [0.3, 0.4) is 0 Å². The summed E-state index contributed by atoms with van der Waals surface area (Å²) >= 11 is 0. The van der Waals surface area contributed by atoms with Gasteiger partial charge in [-0.25, -0.2) is 5.48 Å². The number of hydrogen-bond donors (Lipinski definition) is 2. The van der Waals surface area contributed by atoms with Crippen molar-refractivity contribution in [3.63, 3.8) is 0 Å². The van der Waals surface area contributed by atoms with E-state index >= 15 is 0 Å². The van der Waals surface area contributed by atoms with E-state index in [1.807, 2.05) is 6.92 Å². The molecule has 1 aliphatic rings. The summed E-state index contributed by atoms with van der Waals surface area (Å²) in [6, 6.07) is 0. The van der Waals surface area contributed by atoms with Crippen LogP contribution in [0.4, 0.5) is 0 Å². The SMILES string of the molecule is CCC[C@@H](C(=O)N1CCOCC1)C(C)C(=O)NO. The van der Waals surface area contributed by atoms with Crippen molar-refractivity contribution in [3.8, 4) is 0 Å². The Morgan fingerprint density at radius 2 is 2.00 bits per heavy atom. The summed E-state index contributed by atoms with van der Waals surface area (Å²) in [5.41, 5.74) is 1.63. The lowest BCUT2D eigenvalue weighted by molar-refractivity contribution is -0.147. The van der Waals surface area contributed by atoms with Gasteiger partial charge in [0.15, 0.2) is 0 Å². The molecule has 6 heteroatoms. The summed E-state index contributed by atoms with van der Waals surface area (Å²) in [6.45, 7) is 5.89. The molecule has 0 spiro atoms. The van der Waals surface area contributed by atoms with E-state index in [0.717, 1.165) is 6.42 Å². The minimum Gasteiger partial charge on any atom is -0.378 e. The Kier molecular flexibility index (Phi) is 6.07. The Hall–Kier alpha value is -1.14. The first-order valence-electron chi connectivity index (χ1n) is 6.42. The maximum absolute atomic E-state index is 12.4. The van der Waals surface area contributed by atoms with Crippen molar-refractivity contribution in [1.82, 2.24) is 10.4 Å².